The SMILES string of the molecule is CC1OC(=O)CC(c2ccccc2)C(C(=O)c2ccccc2)C1c1ccc(Br)cc1. The topological polar surface area (TPSA) is 43.4 Å². The first kappa shape index (κ1) is 20.5. The van der Waals surface area contributed by atoms with Crippen molar-refractivity contribution in [3.63, 3.8) is 0 Å². The Morgan fingerprint density at radius 2 is 1.47 bits per heavy atom. The number of rotatable bonds is 4. The maximum atomic E-state index is 13.9. The Balaban J connectivity index is 1.88. The highest BCUT2D eigenvalue weighted by atomic mass is 79.9. The lowest BCUT2D eigenvalue weighted by Crippen LogP contribution is -2.33. The van der Waals surface area contributed by atoms with Gasteiger partial charge in [0, 0.05) is 27.8 Å². The van der Waals surface area contributed by atoms with E-state index in [2.05, 4.69) is 15.9 Å². The summed E-state index contributed by atoms with van der Waals surface area (Å²) in [4.78, 5) is 26.5. The van der Waals surface area contributed by atoms with Gasteiger partial charge in [-0.3, -0.25) is 9.59 Å². The van der Waals surface area contributed by atoms with Gasteiger partial charge in [-0.05, 0) is 30.2 Å². The molecule has 4 heteroatoms. The molecule has 1 fully saturated rings. The molecule has 1 aliphatic heterocycles. The number of halogens is 1. The van der Waals surface area contributed by atoms with E-state index in [1.165, 1.54) is 0 Å². The lowest BCUT2D eigenvalue weighted by molar-refractivity contribution is -0.147. The number of carbonyl (C=O) groups is 2. The van der Waals surface area contributed by atoms with E-state index >= 15 is 0 Å². The molecule has 0 saturated carbocycles. The third kappa shape index (κ3) is 4.24. The van der Waals surface area contributed by atoms with Crippen molar-refractivity contribution in [2.75, 3.05) is 0 Å². The van der Waals surface area contributed by atoms with Crippen LogP contribution in [0.15, 0.2) is 89.4 Å². The Morgan fingerprint density at radius 3 is 2.10 bits per heavy atom. The first-order valence-electron chi connectivity index (χ1n) is 10.1. The summed E-state index contributed by atoms with van der Waals surface area (Å²) in [7, 11) is 0. The third-order valence-electron chi connectivity index (χ3n) is 5.87. The molecular formula is C26H23BrO3. The Labute approximate surface area is 185 Å². The van der Waals surface area contributed by atoms with Gasteiger partial charge in [-0.1, -0.05) is 88.7 Å². The molecule has 0 bridgehead atoms. The van der Waals surface area contributed by atoms with Crippen LogP contribution in [0, 0.1) is 5.92 Å². The van der Waals surface area contributed by atoms with Gasteiger partial charge in [0.15, 0.2) is 5.78 Å². The van der Waals surface area contributed by atoms with Gasteiger partial charge in [0.25, 0.3) is 0 Å². The van der Waals surface area contributed by atoms with Gasteiger partial charge in [-0.15, -0.1) is 0 Å². The summed E-state index contributed by atoms with van der Waals surface area (Å²) in [6.45, 7) is 1.89. The van der Waals surface area contributed by atoms with Crippen LogP contribution in [0.3, 0.4) is 0 Å². The second-order valence-electron chi connectivity index (χ2n) is 7.75. The largest absolute Gasteiger partial charge is 0.462 e. The average Bonchev–Trinajstić information content (AvgIpc) is 2.90. The maximum Gasteiger partial charge on any atom is 0.306 e. The van der Waals surface area contributed by atoms with E-state index < -0.39 is 12.0 Å². The molecule has 3 nitrogen and oxygen atoms in total. The monoisotopic (exact) mass is 462 g/mol. The fraction of sp³-hybridized carbons (Fsp3) is 0.231. The fourth-order valence-corrected chi connectivity index (χ4v) is 4.77. The highest BCUT2D eigenvalue weighted by Crippen LogP contribution is 2.45. The van der Waals surface area contributed by atoms with E-state index in [1.807, 2.05) is 91.9 Å². The number of ketones is 1. The van der Waals surface area contributed by atoms with Crippen LogP contribution in [0.4, 0.5) is 0 Å². The van der Waals surface area contributed by atoms with Crippen LogP contribution in [0.2, 0.25) is 0 Å². The van der Waals surface area contributed by atoms with E-state index in [4.69, 9.17) is 4.74 Å². The quantitative estimate of drug-likeness (QED) is 0.344. The summed E-state index contributed by atoms with van der Waals surface area (Å²) < 4.78 is 6.74. The van der Waals surface area contributed by atoms with E-state index in [1.54, 1.807) is 0 Å². The molecule has 0 N–H and O–H groups in total. The minimum absolute atomic E-state index is 0.0440. The second kappa shape index (κ2) is 8.97. The predicted octanol–water partition coefficient (Wildman–Crippen LogP) is 6.15. The predicted molar refractivity (Wildman–Crippen MR) is 120 cm³/mol. The molecule has 1 saturated heterocycles. The van der Waals surface area contributed by atoms with Crippen molar-refractivity contribution in [2.24, 2.45) is 5.92 Å². The molecule has 0 amide bonds. The average molecular weight is 463 g/mol. The number of esters is 1. The highest BCUT2D eigenvalue weighted by molar-refractivity contribution is 9.10. The lowest BCUT2D eigenvalue weighted by atomic mass is 9.69. The van der Waals surface area contributed by atoms with Crippen LogP contribution in [-0.2, 0) is 9.53 Å². The normalized spacial score (nSPS) is 24.0. The Hall–Kier alpha value is -2.72. The molecule has 30 heavy (non-hydrogen) atoms. The van der Waals surface area contributed by atoms with Gasteiger partial charge in [-0.2, -0.15) is 0 Å². The lowest BCUT2D eigenvalue weighted by Gasteiger charge is -2.32. The number of cyclic esters (lactones) is 1. The summed E-state index contributed by atoms with van der Waals surface area (Å²) in [5.41, 5.74) is 2.64. The van der Waals surface area contributed by atoms with Crippen molar-refractivity contribution in [1.82, 2.24) is 0 Å². The van der Waals surface area contributed by atoms with Gasteiger partial charge in [0.1, 0.15) is 6.10 Å². The van der Waals surface area contributed by atoms with Gasteiger partial charge in [0.05, 0.1) is 6.42 Å². The molecule has 4 rings (SSSR count). The summed E-state index contributed by atoms with van der Waals surface area (Å²) in [6, 6.07) is 27.2. The summed E-state index contributed by atoms with van der Waals surface area (Å²) in [5.74, 6) is -1.14. The van der Waals surface area contributed by atoms with E-state index in [9.17, 15) is 9.59 Å². The van der Waals surface area contributed by atoms with Crippen molar-refractivity contribution in [1.29, 1.82) is 0 Å². The van der Waals surface area contributed by atoms with Crippen LogP contribution >= 0.6 is 15.9 Å². The van der Waals surface area contributed by atoms with Crippen LogP contribution in [0.25, 0.3) is 0 Å². The first-order valence-corrected chi connectivity index (χ1v) is 10.9. The minimum atomic E-state index is -0.419. The number of ether oxygens (including phenoxy) is 1. The molecule has 3 aromatic rings. The zero-order valence-electron chi connectivity index (χ0n) is 16.7. The van der Waals surface area contributed by atoms with E-state index in [0.29, 0.717) is 5.56 Å². The fourth-order valence-electron chi connectivity index (χ4n) is 4.51. The van der Waals surface area contributed by atoms with Crippen molar-refractivity contribution >= 4 is 27.7 Å². The van der Waals surface area contributed by atoms with E-state index in [-0.39, 0.29) is 30.0 Å². The number of Topliss-reactive ketones (excluding diaryl/α,β-unsaturated/α-hetero) is 1. The molecule has 0 aromatic heterocycles. The van der Waals surface area contributed by atoms with Crippen molar-refractivity contribution in [3.8, 4) is 0 Å². The Morgan fingerprint density at radius 1 is 0.867 bits per heavy atom. The molecule has 0 spiro atoms. The van der Waals surface area contributed by atoms with Gasteiger partial charge < -0.3 is 4.74 Å². The summed E-state index contributed by atoms with van der Waals surface area (Å²) >= 11 is 3.49. The summed E-state index contributed by atoms with van der Waals surface area (Å²) in [6.07, 6.45) is -0.227. The third-order valence-corrected chi connectivity index (χ3v) is 6.40. The molecule has 1 heterocycles. The molecule has 0 aliphatic carbocycles. The van der Waals surface area contributed by atoms with Crippen LogP contribution in [0.5, 0.6) is 0 Å². The minimum Gasteiger partial charge on any atom is -0.462 e. The molecule has 4 unspecified atom stereocenters. The van der Waals surface area contributed by atoms with Crippen LogP contribution < -0.4 is 0 Å². The molecule has 1 aliphatic rings. The van der Waals surface area contributed by atoms with Crippen molar-refractivity contribution in [3.05, 3.63) is 106 Å². The molecule has 152 valence electrons. The molecule has 4 atom stereocenters. The standard InChI is InChI=1S/C26H23BrO3/c1-17-24(19-12-14-21(27)15-13-19)25(26(29)20-10-6-3-7-11-20)22(16-23(28)30-17)18-8-4-2-5-9-18/h2-15,17,22,24-25H,16H2,1H3. The van der Waals surface area contributed by atoms with E-state index in [0.717, 1.165) is 15.6 Å². The smallest absolute Gasteiger partial charge is 0.306 e. The second-order valence-corrected chi connectivity index (χ2v) is 8.67. The number of hydrogen-bond donors (Lipinski definition) is 0. The Kier molecular flexibility index (Phi) is 6.14. The number of carbonyl (C=O) groups excluding carboxylic acids is 2. The summed E-state index contributed by atoms with van der Waals surface area (Å²) in [5, 5.41) is 0. The molecule has 0 radical (unpaired) electrons. The molecular weight excluding hydrogens is 440 g/mol. The Bertz CT molecular complexity index is 1020. The van der Waals surface area contributed by atoms with Gasteiger partial charge in [-0.25, -0.2) is 0 Å². The maximum absolute atomic E-state index is 13.9. The zero-order chi connectivity index (χ0) is 21.1. The highest BCUT2D eigenvalue weighted by Gasteiger charge is 2.44. The van der Waals surface area contributed by atoms with Crippen LogP contribution in [0.1, 0.15) is 46.7 Å². The van der Waals surface area contributed by atoms with Crippen molar-refractivity contribution in [2.45, 2.75) is 31.3 Å². The van der Waals surface area contributed by atoms with Crippen molar-refractivity contribution < 1.29 is 14.3 Å². The van der Waals surface area contributed by atoms with Crippen LogP contribution in [-0.4, -0.2) is 17.9 Å². The number of hydrogen-bond acceptors (Lipinski definition) is 3. The number of benzene rings is 3. The molecule has 3 aromatic carbocycles. The van der Waals surface area contributed by atoms with Gasteiger partial charge >= 0.3 is 5.97 Å². The van der Waals surface area contributed by atoms with Gasteiger partial charge in [0.2, 0.25) is 0 Å². The first-order chi connectivity index (χ1) is 14.5. The zero-order valence-corrected chi connectivity index (χ0v) is 18.3.